The Labute approximate surface area is 161 Å². The highest BCUT2D eigenvalue weighted by molar-refractivity contribution is 5.85. The van der Waals surface area contributed by atoms with Gasteiger partial charge in [-0.15, -0.1) is 24.8 Å². The maximum absolute atomic E-state index is 10.3. The molecule has 1 heterocycles. The molecule has 1 N–H and O–H groups in total. The molecule has 0 spiro atoms. The third kappa shape index (κ3) is 7.76. The van der Waals surface area contributed by atoms with E-state index >= 15 is 0 Å². The highest BCUT2D eigenvalue weighted by Crippen LogP contribution is 2.35. The quantitative estimate of drug-likeness (QED) is 0.763. The molecule has 1 aliphatic carbocycles. The first-order valence-electron chi connectivity index (χ1n) is 9.16. The molecule has 2 fully saturated rings. The lowest BCUT2D eigenvalue weighted by Crippen LogP contribution is -2.48. The molecule has 2 rings (SSSR count). The maximum atomic E-state index is 10.3. The minimum absolute atomic E-state index is 0. The number of aliphatic hydroxyl groups excluding tert-OH is 1. The predicted octanol–water partition coefficient (Wildman–Crippen LogP) is 2.92. The van der Waals surface area contributed by atoms with Gasteiger partial charge in [0.2, 0.25) is 0 Å². The van der Waals surface area contributed by atoms with E-state index in [9.17, 15) is 5.11 Å². The number of hydrogen-bond acceptors (Lipinski definition) is 4. The first-order chi connectivity index (χ1) is 10.5. The number of β-amino-alcohol motifs (C(OH)–C–C–N with tert-alkyl or cyclic N) is 1. The Morgan fingerprint density at radius 1 is 1.08 bits per heavy atom. The highest BCUT2D eigenvalue weighted by Gasteiger charge is 2.31. The molecule has 4 atom stereocenters. The lowest BCUT2D eigenvalue weighted by molar-refractivity contribution is -0.0751. The lowest BCUT2D eigenvalue weighted by atomic mass is 9.75. The summed E-state index contributed by atoms with van der Waals surface area (Å²) in [4.78, 5) is 4.70. The average Bonchev–Trinajstić information content (AvgIpc) is 2.47. The van der Waals surface area contributed by atoms with E-state index in [1.165, 1.54) is 12.8 Å². The van der Waals surface area contributed by atoms with E-state index in [-0.39, 0.29) is 30.9 Å². The van der Waals surface area contributed by atoms with E-state index in [4.69, 9.17) is 4.74 Å². The van der Waals surface area contributed by atoms with Crippen LogP contribution in [0.3, 0.4) is 0 Å². The van der Waals surface area contributed by atoms with Crippen LogP contribution in [0.5, 0.6) is 0 Å². The van der Waals surface area contributed by atoms with Crippen molar-refractivity contribution in [3.05, 3.63) is 0 Å². The Kier molecular flexibility index (Phi) is 12.1. The second-order valence-electron chi connectivity index (χ2n) is 7.96. The van der Waals surface area contributed by atoms with Gasteiger partial charge >= 0.3 is 0 Å². The van der Waals surface area contributed by atoms with E-state index in [1.54, 1.807) is 0 Å². The van der Waals surface area contributed by atoms with Crippen molar-refractivity contribution in [1.82, 2.24) is 9.80 Å². The summed E-state index contributed by atoms with van der Waals surface area (Å²) in [5, 5.41) is 10.3. The maximum Gasteiger partial charge on any atom is 0.0900 e. The molecule has 0 aromatic rings. The van der Waals surface area contributed by atoms with Crippen molar-refractivity contribution in [1.29, 1.82) is 0 Å². The van der Waals surface area contributed by atoms with Crippen LogP contribution in [0.15, 0.2) is 0 Å². The van der Waals surface area contributed by atoms with Crippen LogP contribution in [0.1, 0.15) is 40.0 Å². The summed E-state index contributed by atoms with van der Waals surface area (Å²) < 4.78 is 6.16. The molecule has 1 saturated carbocycles. The van der Waals surface area contributed by atoms with Gasteiger partial charge in [0.1, 0.15) is 0 Å². The monoisotopic (exact) mass is 384 g/mol. The molecule has 0 aromatic carbocycles. The summed E-state index contributed by atoms with van der Waals surface area (Å²) in [6.07, 6.45) is 3.74. The van der Waals surface area contributed by atoms with Gasteiger partial charge < -0.3 is 14.7 Å². The fraction of sp³-hybridized carbons (Fsp3) is 1.00. The van der Waals surface area contributed by atoms with E-state index in [2.05, 4.69) is 37.6 Å². The molecule has 24 heavy (non-hydrogen) atoms. The molecule has 146 valence electrons. The predicted molar refractivity (Wildman–Crippen MR) is 106 cm³/mol. The third-order valence-electron chi connectivity index (χ3n) is 5.53. The summed E-state index contributed by atoms with van der Waals surface area (Å²) >= 11 is 0. The SMILES string of the molecule is CC1CCC(C(C)C)C(OCC(O)CN2CCN(C)CC2)C1.Cl.Cl. The first kappa shape index (κ1) is 24.4. The minimum Gasteiger partial charge on any atom is -0.389 e. The van der Waals surface area contributed by atoms with Crippen LogP contribution in [0.2, 0.25) is 0 Å². The second-order valence-corrected chi connectivity index (χ2v) is 7.96. The van der Waals surface area contributed by atoms with Crippen LogP contribution in [-0.4, -0.2) is 73.5 Å². The summed E-state index contributed by atoms with van der Waals surface area (Å²) in [5.74, 6) is 2.09. The summed E-state index contributed by atoms with van der Waals surface area (Å²) in [6.45, 7) is 12.5. The number of ether oxygens (including phenoxy) is 1. The molecule has 1 aliphatic heterocycles. The second kappa shape index (κ2) is 11.9. The van der Waals surface area contributed by atoms with Gasteiger partial charge in [0, 0.05) is 32.7 Å². The topological polar surface area (TPSA) is 35.9 Å². The summed E-state index contributed by atoms with van der Waals surface area (Å²) in [6, 6.07) is 0. The number of hydrogen-bond donors (Lipinski definition) is 1. The lowest BCUT2D eigenvalue weighted by Gasteiger charge is -2.38. The van der Waals surface area contributed by atoms with Crippen molar-refractivity contribution in [2.24, 2.45) is 17.8 Å². The van der Waals surface area contributed by atoms with Gasteiger partial charge in [-0.25, -0.2) is 0 Å². The number of piperazine rings is 1. The van der Waals surface area contributed by atoms with Gasteiger partial charge in [-0.3, -0.25) is 4.90 Å². The van der Waals surface area contributed by atoms with Crippen LogP contribution in [0.4, 0.5) is 0 Å². The number of aliphatic hydroxyl groups is 1. The molecular formula is C18H38Cl2N2O2. The fourth-order valence-electron chi connectivity index (χ4n) is 3.92. The number of likely N-dealkylation sites (N-methyl/N-ethyl adjacent to an activating group) is 1. The molecule has 0 aromatic heterocycles. The van der Waals surface area contributed by atoms with Crippen molar-refractivity contribution in [2.45, 2.75) is 52.2 Å². The van der Waals surface area contributed by atoms with Crippen molar-refractivity contribution < 1.29 is 9.84 Å². The Morgan fingerprint density at radius 2 is 1.71 bits per heavy atom. The summed E-state index contributed by atoms with van der Waals surface area (Å²) in [5.41, 5.74) is 0. The molecule has 2 aliphatic rings. The average molecular weight is 385 g/mol. The van der Waals surface area contributed by atoms with Gasteiger partial charge in [-0.2, -0.15) is 0 Å². The zero-order chi connectivity index (χ0) is 16.1. The number of halogens is 2. The van der Waals surface area contributed by atoms with Gasteiger partial charge in [-0.1, -0.05) is 27.2 Å². The largest absolute Gasteiger partial charge is 0.389 e. The Hall–Kier alpha value is 0.420. The van der Waals surface area contributed by atoms with Crippen molar-refractivity contribution in [3.8, 4) is 0 Å². The van der Waals surface area contributed by atoms with E-state index in [1.807, 2.05) is 0 Å². The zero-order valence-electron chi connectivity index (χ0n) is 15.8. The summed E-state index contributed by atoms with van der Waals surface area (Å²) in [7, 11) is 2.16. The molecule has 0 amide bonds. The van der Waals surface area contributed by atoms with Crippen molar-refractivity contribution in [2.75, 3.05) is 46.4 Å². The number of rotatable bonds is 6. The fourth-order valence-corrected chi connectivity index (χ4v) is 3.92. The normalized spacial score (nSPS) is 30.5. The third-order valence-corrected chi connectivity index (χ3v) is 5.53. The van der Waals surface area contributed by atoms with Gasteiger partial charge in [0.15, 0.2) is 0 Å². The smallest absolute Gasteiger partial charge is 0.0900 e. The van der Waals surface area contributed by atoms with Crippen molar-refractivity contribution in [3.63, 3.8) is 0 Å². The highest BCUT2D eigenvalue weighted by atomic mass is 35.5. The van der Waals surface area contributed by atoms with Crippen LogP contribution >= 0.6 is 24.8 Å². The van der Waals surface area contributed by atoms with Crippen LogP contribution in [-0.2, 0) is 4.74 Å². The van der Waals surface area contributed by atoms with Crippen LogP contribution in [0, 0.1) is 17.8 Å². The van der Waals surface area contributed by atoms with Crippen LogP contribution in [0.25, 0.3) is 0 Å². The minimum atomic E-state index is -0.353. The standard InChI is InChI=1S/C18H36N2O2.2ClH/c1-14(2)17-6-5-15(3)11-18(17)22-13-16(21)12-20-9-7-19(4)8-10-20;;/h14-18,21H,5-13H2,1-4H3;2*1H. The molecule has 1 saturated heterocycles. The van der Waals surface area contributed by atoms with E-state index in [0.717, 1.165) is 45.1 Å². The molecule has 4 unspecified atom stereocenters. The van der Waals surface area contributed by atoms with E-state index in [0.29, 0.717) is 24.5 Å². The van der Waals surface area contributed by atoms with E-state index < -0.39 is 0 Å². The molecule has 0 bridgehead atoms. The molecular weight excluding hydrogens is 347 g/mol. The molecule has 4 nitrogen and oxygen atoms in total. The van der Waals surface area contributed by atoms with Crippen LogP contribution < -0.4 is 0 Å². The Morgan fingerprint density at radius 3 is 2.29 bits per heavy atom. The molecule has 0 radical (unpaired) electrons. The Balaban J connectivity index is 0.00000264. The Bertz CT molecular complexity index is 326. The van der Waals surface area contributed by atoms with Gasteiger partial charge in [-0.05, 0) is 37.6 Å². The number of nitrogens with zero attached hydrogens (tertiary/aromatic N) is 2. The van der Waals surface area contributed by atoms with Gasteiger partial charge in [0.05, 0.1) is 18.8 Å². The van der Waals surface area contributed by atoms with Gasteiger partial charge in [0.25, 0.3) is 0 Å². The zero-order valence-corrected chi connectivity index (χ0v) is 17.5. The first-order valence-corrected chi connectivity index (χ1v) is 9.16. The molecule has 6 heteroatoms. The van der Waals surface area contributed by atoms with Crippen molar-refractivity contribution >= 4 is 24.8 Å².